The molecule has 8 heavy (non-hydrogen) atoms. The van der Waals surface area contributed by atoms with Crippen LogP contribution >= 0.6 is 21.8 Å². The Morgan fingerprint density at radius 1 is 1.88 bits per heavy atom. The summed E-state index contributed by atoms with van der Waals surface area (Å²) in [5, 5.41) is 8.12. The van der Waals surface area contributed by atoms with E-state index in [1.54, 1.807) is 6.21 Å². The molecular weight excluding hydrogens is 140 g/mol. The van der Waals surface area contributed by atoms with Crippen molar-refractivity contribution in [2.24, 2.45) is 4.40 Å². The summed E-state index contributed by atoms with van der Waals surface area (Å²) >= 11 is 0. The van der Waals surface area contributed by atoms with Crippen LogP contribution in [0.1, 0.15) is 0 Å². The fourth-order valence-electron chi connectivity index (χ4n) is 0.284. The Kier molecular flexibility index (Phi) is 2.00. The molecule has 4 heteroatoms. The van der Waals surface area contributed by atoms with Crippen LogP contribution in [0.4, 0.5) is 0 Å². The third-order valence-electron chi connectivity index (χ3n) is 0.563. The van der Waals surface area contributed by atoms with Crippen LogP contribution in [0.25, 0.3) is 0 Å². The van der Waals surface area contributed by atoms with Crippen LogP contribution in [0.5, 0.6) is 0 Å². The SMILES string of the molecule is N#CC=C1C=NSS1. The fourth-order valence-corrected chi connectivity index (χ4v) is 1.62. The third kappa shape index (κ3) is 1.29. The maximum atomic E-state index is 8.12. The second kappa shape index (κ2) is 2.80. The lowest BCUT2D eigenvalue weighted by Crippen LogP contribution is -1.65. The van der Waals surface area contributed by atoms with Crippen LogP contribution in [-0.4, -0.2) is 6.21 Å². The molecule has 40 valence electrons. The summed E-state index contributed by atoms with van der Waals surface area (Å²) in [6.07, 6.45) is 3.16. The summed E-state index contributed by atoms with van der Waals surface area (Å²) in [5.41, 5.74) is 0. The molecule has 0 N–H and O–H groups in total. The number of nitrogens with zero attached hydrogens (tertiary/aromatic N) is 2. The van der Waals surface area contributed by atoms with Crippen LogP contribution in [0, 0.1) is 11.3 Å². The largest absolute Gasteiger partial charge is 0.212 e. The first-order valence-electron chi connectivity index (χ1n) is 1.90. The normalized spacial score (nSPS) is 21.6. The van der Waals surface area contributed by atoms with Crippen LogP contribution in [0.2, 0.25) is 0 Å². The molecule has 0 amide bonds. The minimum Gasteiger partial charge on any atom is -0.212 e. The van der Waals surface area contributed by atoms with Gasteiger partial charge in [-0.25, -0.2) is 4.40 Å². The molecule has 1 aliphatic rings. The molecule has 0 bridgehead atoms. The maximum Gasteiger partial charge on any atom is 0.0924 e. The van der Waals surface area contributed by atoms with Crippen molar-refractivity contribution < 1.29 is 0 Å². The Balaban J connectivity index is 2.63. The molecule has 0 spiro atoms. The van der Waals surface area contributed by atoms with Crippen LogP contribution in [-0.2, 0) is 0 Å². The van der Waals surface area contributed by atoms with Crippen molar-refractivity contribution in [1.82, 2.24) is 0 Å². The van der Waals surface area contributed by atoms with E-state index in [9.17, 15) is 0 Å². The first kappa shape index (κ1) is 5.73. The van der Waals surface area contributed by atoms with Crippen molar-refractivity contribution in [1.29, 1.82) is 5.26 Å². The highest BCUT2D eigenvalue weighted by atomic mass is 33.1. The zero-order valence-electron chi connectivity index (χ0n) is 3.87. The Hall–Kier alpha value is -0.400. The summed E-state index contributed by atoms with van der Waals surface area (Å²) in [6, 6.07) is 1.92. The van der Waals surface area contributed by atoms with E-state index in [-0.39, 0.29) is 0 Å². The molecule has 0 aromatic heterocycles. The van der Waals surface area contributed by atoms with Gasteiger partial charge in [-0.15, -0.1) is 0 Å². The first-order valence-corrected chi connectivity index (χ1v) is 4.01. The van der Waals surface area contributed by atoms with E-state index in [4.69, 9.17) is 5.26 Å². The highest BCUT2D eigenvalue weighted by Crippen LogP contribution is 2.34. The standard InChI is InChI=1S/C4H2N2S2/c5-2-1-4-3-6-8-7-4/h1,3H. The molecule has 0 aromatic rings. The number of nitriles is 1. The molecule has 1 heterocycles. The number of allylic oxidation sites excluding steroid dienone is 2. The van der Waals surface area contributed by atoms with Gasteiger partial charge in [-0.05, 0) is 10.8 Å². The van der Waals surface area contributed by atoms with Crippen molar-refractivity contribution in [3.05, 3.63) is 11.0 Å². The minimum atomic E-state index is 0.928. The highest BCUT2D eigenvalue weighted by molar-refractivity contribution is 8.78. The topological polar surface area (TPSA) is 36.1 Å². The highest BCUT2D eigenvalue weighted by Gasteiger charge is 1.99. The maximum absolute atomic E-state index is 8.12. The van der Waals surface area contributed by atoms with Gasteiger partial charge < -0.3 is 0 Å². The molecule has 0 saturated carbocycles. The van der Waals surface area contributed by atoms with Gasteiger partial charge in [0, 0.05) is 22.0 Å². The van der Waals surface area contributed by atoms with E-state index in [2.05, 4.69) is 4.40 Å². The summed E-state index contributed by atoms with van der Waals surface area (Å²) in [5.74, 6) is 0. The predicted molar refractivity (Wildman–Crippen MR) is 37.4 cm³/mol. The molecule has 2 nitrogen and oxygen atoms in total. The lowest BCUT2D eigenvalue weighted by molar-refractivity contribution is 1.53. The molecule has 1 aliphatic heterocycles. The lowest BCUT2D eigenvalue weighted by atomic mass is 10.5. The summed E-state index contributed by atoms with van der Waals surface area (Å²) in [7, 11) is 2.89. The van der Waals surface area contributed by atoms with Crippen molar-refractivity contribution in [2.45, 2.75) is 0 Å². The number of hydrogen-bond acceptors (Lipinski definition) is 4. The van der Waals surface area contributed by atoms with Gasteiger partial charge in [0.25, 0.3) is 0 Å². The van der Waals surface area contributed by atoms with Crippen LogP contribution in [0.3, 0.4) is 0 Å². The minimum absolute atomic E-state index is 0.928. The van der Waals surface area contributed by atoms with E-state index in [1.165, 1.54) is 27.8 Å². The fraction of sp³-hybridized carbons (Fsp3) is 0. The van der Waals surface area contributed by atoms with Crippen molar-refractivity contribution in [3.8, 4) is 6.07 Å². The second-order valence-corrected chi connectivity index (χ2v) is 3.01. The smallest absolute Gasteiger partial charge is 0.0924 e. The van der Waals surface area contributed by atoms with Gasteiger partial charge in [-0.1, -0.05) is 0 Å². The number of hydrogen-bond donors (Lipinski definition) is 0. The lowest BCUT2D eigenvalue weighted by Gasteiger charge is -1.77. The van der Waals surface area contributed by atoms with Gasteiger partial charge in [0.1, 0.15) is 0 Å². The molecule has 0 saturated heterocycles. The van der Waals surface area contributed by atoms with E-state index in [0.717, 1.165) is 4.91 Å². The zero-order chi connectivity index (χ0) is 5.82. The molecule has 0 aromatic carbocycles. The monoisotopic (exact) mass is 142 g/mol. The Labute approximate surface area is 55.2 Å². The van der Waals surface area contributed by atoms with Gasteiger partial charge in [-0.2, -0.15) is 5.26 Å². The van der Waals surface area contributed by atoms with Crippen LogP contribution < -0.4 is 0 Å². The Morgan fingerprint density at radius 3 is 3.25 bits per heavy atom. The Bertz CT molecular complexity index is 177. The molecule has 0 radical (unpaired) electrons. The molecule has 0 unspecified atom stereocenters. The summed E-state index contributed by atoms with van der Waals surface area (Å²) in [4.78, 5) is 0.928. The summed E-state index contributed by atoms with van der Waals surface area (Å²) < 4.78 is 3.82. The summed E-state index contributed by atoms with van der Waals surface area (Å²) in [6.45, 7) is 0. The molecule has 0 fully saturated rings. The van der Waals surface area contributed by atoms with Gasteiger partial charge in [0.15, 0.2) is 0 Å². The van der Waals surface area contributed by atoms with Crippen molar-refractivity contribution in [2.75, 3.05) is 0 Å². The Morgan fingerprint density at radius 2 is 2.75 bits per heavy atom. The van der Waals surface area contributed by atoms with E-state index >= 15 is 0 Å². The van der Waals surface area contributed by atoms with E-state index < -0.39 is 0 Å². The second-order valence-electron chi connectivity index (χ2n) is 1.07. The molecule has 0 aliphatic carbocycles. The van der Waals surface area contributed by atoms with E-state index in [0.29, 0.717) is 0 Å². The van der Waals surface area contributed by atoms with Crippen molar-refractivity contribution in [3.63, 3.8) is 0 Å². The van der Waals surface area contributed by atoms with Gasteiger partial charge in [-0.3, -0.25) is 0 Å². The average Bonchev–Trinajstić information content (AvgIpc) is 2.19. The van der Waals surface area contributed by atoms with Crippen LogP contribution in [0.15, 0.2) is 15.4 Å². The molecular formula is C4H2N2S2. The van der Waals surface area contributed by atoms with E-state index in [1.807, 2.05) is 6.07 Å². The molecule has 0 atom stereocenters. The number of rotatable bonds is 0. The average molecular weight is 142 g/mol. The van der Waals surface area contributed by atoms with Crippen molar-refractivity contribution >= 4 is 28.0 Å². The third-order valence-corrected chi connectivity index (χ3v) is 2.30. The first-order chi connectivity index (χ1) is 3.93. The zero-order valence-corrected chi connectivity index (χ0v) is 5.50. The van der Waals surface area contributed by atoms with Gasteiger partial charge in [0.2, 0.25) is 0 Å². The van der Waals surface area contributed by atoms with Gasteiger partial charge in [0.05, 0.1) is 12.3 Å². The quantitative estimate of drug-likeness (QED) is 0.294. The van der Waals surface area contributed by atoms with Gasteiger partial charge >= 0.3 is 0 Å². The predicted octanol–water partition coefficient (Wildman–Crippen LogP) is 1.77. The molecule has 1 rings (SSSR count).